The number of nitrogen functional groups attached to an aromatic ring is 1. The second-order valence-electron chi connectivity index (χ2n) is 3.77. The number of carbonyl (C=O) groups excluding carboxylic acids is 1. The van der Waals surface area contributed by atoms with E-state index < -0.39 is 6.10 Å². The molecule has 0 saturated heterocycles. The van der Waals surface area contributed by atoms with E-state index in [0.717, 1.165) is 4.47 Å². The molecule has 1 rings (SSSR count). The lowest BCUT2D eigenvalue weighted by Gasteiger charge is -2.19. The van der Waals surface area contributed by atoms with Gasteiger partial charge in [-0.25, -0.2) is 0 Å². The number of halogens is 1. The van der Waals surface area contributed by atoms with Gasteiger partial charge in [-0.05, 0) is 41.1 Å². The van der Waals surface area contributed by atoms with Gasteiger partial charge in [-0.15, -0.1) is 0 Å². The Morgan fingerprint density at radius 2 is 2.25 bits per heavy atom. The number of carbonyl (C=O) groups is 1. The summed E-state index contributed by atoms with van der Waals surface area (Å²) in [6.45, 7) is 1.94. The number of likely N-dealkylation sites (N-methyl/N-ethyl adjacent to an activating group) is 1. The van der Waals surface area contributed by atoms with Gasteiger partial charge < -0.3 is 15.7 Å². The summed E-state index contributed by atoms with van der Waals surface area (Å²) in [6.07, 6.45) is -0.540. The Kier molecular flexibility index (Phi) is 4.32. The summed E-state index contributed by atoms with van der Waals surface area (Å²) in [5, 5.41) is 9.19. The minimum atomic E-state index is -0.540. The fourth-order valence-corrected chi connectivity index (χ4v) is 1.62. The maximum Gasteiger partial charge on any atom is 0.253 e. The Labute approximate surface area is 103 Å². The zero-order valence-corrected chi connectivity index (χ0v) is 10.9. The van der Waals surface area contributed by atoms with E-state index in [9.17, 15) is 9.90 Å². The Morgan fingerprint density at radius 1 is 1.62 bits per heavy atom. The van der Waals surface area contributed by atoms with Crippen molar-refractivity contribution in [2.75, 3.05) is 19.3 Å². The summed E-state index contributed by atoms with van der Waals surface area (Å²) in [7, 11) is 1.65. The largest absolute Gasteiger partial charge is 0.398 e. The molecule has 1 aromatic rings. The topological polar surface area (TPSA) is 66.6 Å². The standard InChI is InChI=1S/C11H15BrN2O2/c1-7(15)6-14(2)11(16)8-3-4-9(12)10(13)5-8/h3-5,7,15H,6,13H2,1-2H3. The van der Waals surface area contributed by atoms with Crippen molar-refractivity contribution < 1.29 is 9.90 Å². The van der Waals surface area contributed by atoms with Gasteiger partial charge in [0.2, 0.25) is 0 Å². The van der Waals surface area contributed by atoms with Crippen LogP contribution < -0.4 is 5.73 Å². The third-order valence-electron chi connectivity index (χ3n) is 2.13. The summed E-state index contributed by atoms with van der Waals surface area (Å²) in [4.78, 5) is 13.4. The van der Waals surface area contributed by atoms with Crippen molar-refractivity contribution in [1.82, 2.24) is 4.90 Å². The van der Waals surface area contributed by atoms with Crippen molar-refractivity contribution in [3.05, 3.63) is 28.2 Å². The molecule has 0 spiro atoms. The van der Waals surface area contributed by atoms with Gasteiger partial charge in [0, 0.05) is 29.3 Å². The average molecular weight is 287 g/mol. The van der Waals surface area contributed by atoms with Gasteiger partial charge >= 0.3 is 0 Å². The molecule has 4 nitrogen and oxygen atoms in total. The molecular weight excluding hydrogens is 272 g/mol. The van der Waals surface area contributed by atoms with E-state index in [4.69, 9.17) is 5.73 Å². The van der Waals surface area contributed by atoms with Crippen molar-refractivity contribution in [2.24, 2.45) is 0 Å². The second kappa shape index (κ2) is 5.32. The summed E-state index contributed by atoms with van der Waals surface area (Å²) in [6, 6.07) is 5.05. The van der Waals surface area contributed by atoms with E-state index in [-0.39, 0.29) is 5.91 Å². The van der Waals surface area contributed by atoms with Gasteiger partial charge in [-0.3, -0.25) is 4.79 Å². The lowest BCUT2D eigenvalue weighted by atomic mass is 10.2. The van der Waals surface area contributed by atoms with E-state index in [1.54, 1.807) is 32.2 Å². The van der Waals surface area contributed by atoms with Gasteiger partial charge in [-0.1, -0.05) is 0 Å². The van der Waals surface area contributed by atoms with Crippen LogP contribution in [0.4, 0.5) is 5.69 Å². The number of anilines is 1. The highest BCUT2D eigenvalue weighted by Crippen LogP contribution is 2.20. The van der Waals surface area contributed by atoms with Gasteiger partial charge in [0.15, 0.2) is 0 Å². The quantitative estimate of drug-likeness (QED) is 0.828. The highest BCUT2D eigenvalue weighted by atomic mass is 79.9. The Balaban J connectivity index is 2.84. The van der Waals surface area contributed by atoms with Crippen LogP contribution in [-0.2, 0) is 0 Å². The summed E-state index contributed by atoms with van der Waals surface area (Å²) < 4.78 is 0.766. The van der Waals surface area contributed by atoms with Gasteiger partial charge in [0.1, 0.15) is 0 Å². The molecule has 1 unspecified atom stereocenters. The lowest BCUT2D eigenvalue weighted by Crippen LogP contribution is -2.33. The summed E-state index contributed by atoms with van der Waals surface area (Å²) in [5.74, 6) is -0.153. The molecule has 0 aliphatic heterocycles. The third-order valence-corrected chi connectivity index (χ3v) is 2.85. The number of hydrogen-bond acceptors (Lipinski definition) is 3. The zero-order valence-electron chi connectivity index (χ0n) is 9.27. The SMILES string of the molecule is CC(O)CN(C)C(=O)c1ccc(Br)c(N)c1. The maximum absolute atomic E-state index is 11.9. The Bertz CT molecular complexity index is 394. The maximum atomic E-state index is 11.9. The number of amides is 1. The minimum Gasteiger partial charge on any atom is -0.398 e. The fraction of sp³-hybridized carbons (Fsp3) is 0.364. The molecule has 88 valence electrons. The number of aliphatic hydroxyl groups is 1. The van der Waals surface area contributed by atoms with Crippen LogP contribution in [0, 0.1) is 0 Å². The normalized spacial score (nSPS) is 12.2. The molecule has 16 heavy (non-hydrogen) atoms. The molecule has 0 aliphatic carbocycles. The monoisotopic (exact) mass is 286 g/mol. The van der Waals surface area contributed by atoms with E-state index in [1.807, 2.05) is 0 Å². The number of nitrogens with zero attached hydrogens (tertiary/aromatic N) is 1. The molecule has 0 bridgehead atoms. The first-order valence-electron chi connectivity index (χ1n) is 4.90. The molecule has 5 heteroatoms. The van der Waals surface area contributed by atoms with Crippen LogP contribution in [0.2, 0.25) is 0 Å². The van der Waals surface area contributed by atoms with E-state index in [0.29, 0.717) is 17.8 Å². The van der Waals surface area contributed by atoms with Crippen LogP contribution in [0.15, 0.2) is 22.7 Å². The Morgan fingerprint density at radius 3 is 2.75 bits per heavy atom. The van der Waals surface area contributed by atoms with Crippen LogP contribution in [-0.4, -0.2) is 35.6 Å². The number of benzene rings is 1. The first-order chi connectivity index (χ1) is 7.41. The summed E-state index contributed by atoms with van der Waals surface area (Å²) >= 11 is 3.27. The molecule has 0 aliphatic rings. The number of nitrogens with two attached hydrogens (primary N) is 1. The van der Waals surface area contributed by atoms with Crippen LogP contribution in [0.3, 0.4) is 0 Å². The minimum absolute atomic E-state index is 0.153. The van der Waals surface area contributed by atoms with Gasteiger partial charge in [0.05, 0.1) is 6.10 Å². The van der Waals surface area contributed by atoms with Gasteiger partial charge in [-0.2, -0.15) is 0 Å². The van der Waals surface area contributed by atoms with Crippen molar-refractivity contribution >= 4 is 27.5 Å². The fourth-order valence-electron chi connectivity index (χ4n) is 1.38. The molecule has 0 saturated carbocycles. The smallest absolute Gasteiger partial charge is 0.253 e. The number of rotatable bonds is 3. The molecule has 1 aromatic carbocycles. The first kappa shape index (κ1) is 13.0. The molecule has 1 atom stereocenters. The molecule has 0 fully saturated rings. The van der Waals surface area contributed by atoms with Crippen molar-refractivity contribution in [3.63, 3.8) is 0 Å². The van der Waals surface area contributed by atoms with E-state index >= 15 is 0 Å². The molecule has 3 N–H and O–H groups in total. The van der Waals surface area contributed by atoms with Crippen molar-refractivity contribution in [2.45, 2.75) is 13.0 Å². The van der Waals surface area contributed by atoms with Crippen LogP contribution in [0.1, 0.15) is 17.3 Å². The van der Waals surface area contributed by atoms with E-state index in [2.05, 4.69) is 15.9 Å². The molecular formula is C11H15BrN2O2. The Hall–Kier alpha value is -1.07. The predicted molar refractivity (Wildman–Crippen MR) is 67.2 cm³/mol. The summed E-state index contributed by atoms with van der Waals surface area (Å²) in [5.41, 5.74) is 6.73. The third kappa shape index (κ3) is 3.21. The second-order valence-corrected chi connectivity index (χ2v) is 4.63. The van der Waals surface area contributed by atoms with Crippen LogP contribution >= 0.6 is 15.9 Å². The first-order valence-corrected chi connectivity index (χ1v) is 5.69. The molecule has 0 heterocycles. The highest BCUT2D eigenvalue weighted by Gasteiger charge is 2.13. The number of hydrogen-bond donors (Lipinski definition) is 2. The van der Waals surface area contributed by atoms with Crippen molar-refractivity contribution in [1.29, 1.82) is 0 Å². The van der Waals surface area contributed by atoms with Gasteiger partial charge in [0.25, 0.3) is 5.91 Å². The zero-order chi connectivity index (χ0) is 12.3. The van der Waals surface area contributed by atoms with Crippen LogP contribution in [0.25, 0.3) is 0 Å². The molecule has 0 radical (unpaired) electrons. The molecule has 0 aromatic heterocycles. The highest BCUT2D eigenvalue weighted by molar-refractivity contribution is 9.10. The van der Waals surface area contributed by atoms with E-state index in [1.165, 1.54) is 4.90 Å². The molecule has 1 amide bonds. The number of aliphatic hydroxyl groups excluding tert-OH is 1. The predicted octanol–water partition coefficient (Wildman–Crippen LogP) is 1.48. The lowest BCUT2D eigenvalue weighted by molar-refractivity contribution is 0.0704. The average Bonchev–Trinajstić information content (AvgIpc) is 2.20. The van der Waals surface area contributed by atoms with Crippen molar-refractivity contribution in [3.8, 4) is 0 Å². The van der Waals surface area contributed by atoms with Crippen LogP contribution in [0.5, 0.6) is 0 Å².